The Kier molecular flexibility index (Phi) is 7.55. The van der Waals surface area contributed by atoms with E-state index in [0.717, 1.165) is 17.1 Å². The minimum Gasteiger partial charge on any atom is -0.372 e. The molecule has 1 aliphatic rings. The number of nitrogens with one attached hydrogen (secondary N) is 1. The summed E-state index contributed by atoms with van der Waals surface area (Å²) in [5.74, 6) is 0. The molecule has 1 aromatic heterocycles. The van der Waals surface area contributed by atoms with Crippen LogP contribution in [-0.4, -0.2) is 77.7 Å². The highest BCUT2D eigenvalue weighted by atomic mass is 19.4. The predicted molar refractivity (Wildman–Crippen MR) is 112 cm³/mol. The molecule has 0 spiro atoms. The van der Waals surface area contributed by atoms with Crippen molar-refractivity contribution in [3.63, 3.8) is 0 Å². The molecule has 0 unspecified atom stereocenters. The molecule has 1 N–H and O–H groups in total. The van der Waals surface area contributed by atoms with Crippen LogP contribution in [0.15, 0.2) is 30.3 Å². The summed E-state index contributed by atoms with van der Waals surface area (Å²) in [5, 5.41) is 7.41. The number of nitrogens with zero attached hydrogens (tertiary/aromatic N) is 4. The number of piperazine rings is 1. The first-order valence-electron chi connectivity index (χ1n) is 10.3. The van der Waals surface area contributed by atoms with Gasteiger partial charge >= 0.3 is 12.2 Å². The fourth-order valence-corrected chi connectivity index (χ4v) is 3.56. The molecular formula is C21H28F3N5O2. The molecule has 0 aliphatic carbocycles. The van der Waals surface area contributed by atoms with Gasteiger partial charge in [0, 0.05) is 50.7 Å². The number of hydrogen-bond donors (Lipinski definition) is 1. The van der Waals surface area contributed by atoms with Crippen LogP contribution in [0.4, 0.5) is 23.7 Å². The van der Waals surface area contributed by atoms with Gasteiger partial charge in [-0.15, -0.1) is 0 Å². The van der Waals surface area contributed by atoms with Gasteiger partial charge in [0.1, 0.15) is 6.61 Å². The third-order valence-corrected chi connectivity index (χ3v) is 5.04. The molecule has 0 radical (unpaired) electrons. The van der Waals surface area contributed by atoms with E-state index in [1.54, 1.807) is 4.90 Å². The Hall–Kier alpha value is -2.59. The lowest BCUT2D eigenvalue weighted by Crippen LogP contribution is -2.50. The molecule has 170 valence electrons. The lowest BCUT2D eigenvalue weighted by Gasteiger charge is -2.34. The second-order valence-corrected chi connectivity index (χ2v) is 7.67. The molecule has 2 aromatic rings. The van der Waals surface area contributed by atoms with Crippen LogP contribution in [0.1, 0.15) is 17.8 Å². The van der Waals surface area contributed by atoms with Gasteiger partial charge in [0.25, 0.3) is 0 Å². The van der Waals surface area contributed by atoms with Gasteiger partial charge in [-0.3, -0.25) is 4.90 Å². The van der Waals surface area contributed by atoms with Crippen LogP contribution >= 0.6 is 0 Å². The number of halogens is 3. The quantitative estimate of drug-likeness (QED) is 0.670. The highest BCUT2D eigenvalue weighted by Gasteiger charge is 2.27. The second kappa shape index (κ2) is 10.1. The van der Waals surface area contributed by atoms with Crippen LogP contribution in [0.25, 0.3) is 5.69 Å². The van der Waals surface area contributed by atoms with Crippen molar-refractivity contribution in [2.45, 2.75) is 26.4 Å². The summed E-state index contributed by atoms with van der Waals surface area (Å²) in [4.78, 5) is 16.5. The summed E-state index contributed by atoms with van der Waals surface area (Å²) in [7, 11) is 0. The lowest BCUT2D eigenvalue weighted by atomic mass is 10.2. The molecule has 1 fully saturated rings. The van der Waals surface area contributed by atoms with Gasteiger partial charge in [-0.2, -0.15) is 18.3 Å². The molecule has 0 saturated carbocycles. The van der Waals surface area contributed by atoms with Gasteiger partial charge in [-0.25, -0.2) is 9.48 Å². The maximum atomic E-state index is 12.6. The van der Waals surface area contributed by atoms with E-state index in [1.165, 1.54) is 0 Å². The molecular weight excluding hydrogens is 411 g/mol. The number of benzene rings is 1. The number of aromatic nitrogens is 2. The molecule has 1 aliphatic heterocycles. The first kappa shape index (κ1) is 23.1. The van der Waals surface area contributed by atoms with Crippen molar-refractivity contribution >= 4 is 11.7 Å². The summed E-state index contributed by atoms with van der Waals surface area (Å²) in [6.45, 7) is 5.92. The molecule has 1 saturated heterocycles. The zero-order valence-electron chi connectivity index (χ0n) is 17.8. The molecule has 2 heterocycles. The number of carbonyl (C=O) groups is 1. The molecule has 1 aromatic carbocycles. The zero-order valence-corrected chi connectivity index (χ0v) is 17.8. The Morgan fingerprint density at radius 3 is 2.55 bits per heavy atom. The molecule has 0 bridgehead atoms. The van der Waals surface area contributed by atoms with Crippen LogP contribution in [0.3, 0.4) is 0 Å². The molecule has 7 nitrogen and oxygen atoms in total. The van der Waals surface area contributed by atoms with Gasteiger partial charge in [0.05, 0.1) is 11.4 Å². The normalized spacial score (nSPS) is 15.3. The summed E-state index contributed by atoms with van der Waals surface area (Å²) in [6, 6.07) is 9.36. The molecule has 0 atom stereocenters. The number of amides is 2. The molecule has 3 rings (SSSR count). The molecule has 31 heavy (non-hydrogen) atoms. The minimum atomic E-state index is -4.28. The number of hydrogen-bond acceptors (Lipinski definition) is 4. The van der Waals surface area contributed by atoms with Crippen molar-refractivity contribution in [1.29, 1.82) is 0 Å². The SMILES string of the molecule is Cc1cc(C)n(-c2cccc(NC(=O)N3CCN(CCCOCC(F)(F)F)CC3)c2)n1. The number of rotatable bonds is 7. The number of anilines is 1. The van der Waals surface area contributed by atoms with Crippen LogP contribution in [0.2, 0.25) is 0 Å². The smallest absolute Gasteiger partial charge is 0.372 e. The monoisotopic (exact) mass is 439 g/mol. The highest BCUT2D eigenvalue weighted by molar-refractivity contribution is 5.89. The fourth-order valence-electron chi connectivity index (χ4n) is 3.56. The van der Waals surface area contributed by atoms with Crippen molar-refractivity contribution in [2.24, 2.45) is 0 Å². The van der Waals surface area contributed by atoms with Crippen LogP contribution in [0, 0.1) is 13.8 Å². The van der Waals surface area contributed by atoms with E-state index in [9.17, 15) is 18.0 Å². The van der Waals surface area contributed by atoms with Crippen molar-refractivity contribution < 1.29 is 22.7 Å². The Labute approximate surface area is 179 Å². The Morgan fingerprint density at radius 2 is 1.90 bits per heavy atom. The van der Waals surface area contributed by atoms with E-state index in [2.05, 4.69) is 20.1 Å². The topological polar surface area (TPSA) is 62.6 Å². The Balaban J connectivity index is 1.43. The Morgan fingerprint density at radius 1 is 1.16 bits per heavy atom. The van der Waals surface area contributed by atoms with Crippen molar-refractivity contribution in [3.05, 3.63) is 41.7 Å². The van der Waals surface area contributed by atoms with E-state index in [4.69, 9.17) is 0 Å². The minimum absolute atomic E-state index is 0.0752. The van der Waals surface area contributed by atoms with Gasteiger partial charge < -0.3 is 15.0 Å². The lowest BCUT2D eigenvalue weighted by molar-refractivity contribution is -0.174. The maximum absolute atomic E-state index is 12.6. The van der Waals surface area contributed by atoms with Crippen molar-refractivity contribution in [2.75, 3.05) is 51.3 Å². The number of aryl methyl sites for hydroxylation is 2. The van der Waals surface area contributed by atoms with Gasteiger partial charge in [-0.1, -0.05) is 6.07 Å². The second-order valence-electron chi connectivity index (χ2n) is 7.67. The van der Waals surface area contributed by atoms with E-state index in [-0.39, 0.29) is 12.6 Å². The summed E-state index contributed by atoms with van der Waals surface area (Å²) in [6.07, 6.45) is -3.75. The van der Waals surface area contributed by atoms with E-state index < -0.39 is 12.8 Å². The van der Waals surface area contributed by atoms with E-state index in [1.807, 2.05) is 48.9 Å². The van der Waals surface area contributed by atoms with Gasteiger partial charge in [0.15, 0.2) is 0 Å². The van der Waals surface area contributed by atoms with Crippen LogP contribution in [0.5, 0.6) is 0 Å². The molecule has 2 amide bonds. The maximum Gasteiger partial charge on any atom is 0.411 e. The van der Waals surface area contributed by atoms with Crippen molar-refractivity contribution in [3.8, 4) is 5.69 Å². The van der Waals surface area contributed by atoms with Crippen LogP contribution < -0.4 is 5.32 Å². The number of carbonyl (C=O) groups excluding carboxylic acids is 1. The first-order valence-corrected chi connectivity index (χ1v) is 10.3. The molecule has 10 heteroatoms. The predicted octanol–water partition coefficient (Wildman–Crippen LogP) is 3.61. The third kappa shape index (κ3) is 6.96. The zero-order chi connectivity index (χ0) is 22.4. The number of ether oxygens (including phenoxy) is 1. The summed E-state index contributed by atoms with van der Waals surface area (Å²) >= 11 is 0. The van der Waals surface area contributed by atoms with E-state index >= 15 is 0 Å². The number of urea groups is 1. The van der Waals surface area contributed by atoms with E-state index in [0.29, 0.717) is 44.8 Å². The number of alkyl halides is 3. The summed E-state index contributed by atoms with van der Waals surface area (Å²) < 4.78 is 42.6. The van der Waals surface area contributed by atoms with Crippen LogP contribution in [-0.2, 0) is 4.74 Å². The van der Waals surface area contributed by atoms with Gasteiger partial charge in [-0.05, 0) is 44.5 Å². The van der Waals surface area contributed by atoms with Crippen molar-refractivity contribution in [1.82, 2.24) is 19.6 Å². The first-order chi connectivity index (χ1) is 14.7. The standard InChI is InChI=1S/C21H28F3N5O2/c1-16-13-17(2)29(26-16)19-6-3-5-18(14-19)25-20(30)28-10-8-27(9-11-28)7-4-12-31-15-21(22,23)24/h3,5-6,13-14H,4,7-12,15H2,1-2H3,(H,25,30). The van der Waals surface area contributed by atoms with Gasteiger partial charge in [0.2, 0.25) is 0 Å². The Bertz CT molecular complexity index is 876. The largest absolute Gasteiger partial charge is 0.411 e. The third-order valence-electron chi connectivity index (χ3n) is 5.04. The fraction of sp³-hybridized carbons (Fsp3) is 0.524. The summed E-state index contributed by atoms with van der Waals surface area (Å²) in [5.41, 5.74) is 3.51. The average molecular weight is 439 g/mol. The average Bonchev–Trinajstić information content (AvgIpc) is 3.05. The highest BCUT2D eigenvalue weighted by Crippen LogP contribution is 2.18.